The van der Waals surface area contributed by atoms with Crippen molar-refractivity contribution in [2.75, 3.05) is 33.2 Å². The molecule has 0 spiro atoms. The van der Waals surface area contributed by atoms with Crippen LogP contribution in [0.4, 0.5) is 4.79 Å². The molecule has 0 aromatic heterocycles. The lowest BCUT2D eigenvalue weighted by molar-refractivity contribution is 0.0776. The molecule has 0 bridgehead atoms. The van der Waals surface area contributed by atoms with Gasteiger partial charge in [0.1, 0.15) is 0 Å². The molecule has 2 aliphatic rings. The van der Waals surface area contributed by atoms with E-state index in [2.05, 4.69) is 11.4 Å². The number of rotatable bonds is 2. The summed E-state index contributed by atoms with van der Waals surface area (Å²) in [5.74, 6) is 1.36. The molecule has 2 saturated heterocycles. The highest BCUT2D eigenvalue weighted by Gasteiger charge is 2.34. The van der Waals surface area contributed by atoms with Crippen LogP contribution < -0.4 is 5.32 Å². The van der Waals surface area contributed by atoms with Gasteiger partial charge in [-0.05, 0) is 57.1 Å². The van der Waals surface area contributed by atoms with Crippen molar-refractivity contribution < 1.29 is 9.59 Å². The van der Waals surface area contributed by atoms with Crippen molar-refractivity contribution in [1.29, 1.82) is 0 Å². The third kappa shape index (κ3) is 3.97. The van der Waals surface area contributed by atoms with E-state index in [-0.39, 0.29) is 11.9 Å². The highest BCUT2D eigenvalue weighted by Crippen LogP contribution is 2.32. The SMILES string of the molecule is CNC(=O)N1CCC(C2CCN(C(=O)c3cc(C)cc(C)c3)C2)CC1. The van der Waals surface area contributed by atoms with Gasteiger partial charge in [-0.15, -0.1) is 0 Å². The molecule has 5 nitrogen and oxygen atoms in total. The van der Waals surface area contributed by atoms with Crippen LogP contribution in [-0.4, -0.2) is 55.0 Å². The Balaban J connectivity index is 1.57. The maximum Gasteiger partial charge on any atom is 0.317 e. The second-order valence-corrected chi connectivity index (χ2v) is 7.56. The number of urea groups is 1. The number of carbonyl (C=O) groups excluding carboxylic acids is 2. The smallest absolute Gasteiger partial charge is 0.317 e. The first-order valence-electron chi connectivity index (χ1n) is 9.32. The Kier molecular flexibility index (Phi) is 5.30. The molecule has 0 aliphatic carbocycles. The maximum atomic E-state index is 12.8. The number of aryl methyl sites for hydroxylation is 2. The minimum atomic E-state index is 0.0245. The number of benzene rings is 1. The van der Waals surface area contributed by atoms with Gasteiger partial charge in [-0.3, -0.25) is 4.79 Å². The van der Waals surface area contributed by atoms with Crippen molar-refractivity contribution in [3.05, 3.63) is 34.9 Å². The Bertz CT molecular complexity index is 630. The van der Waals surface area contributed by atoms with Gasteiger partial charge < -0.3 is 15.1 Å². The van der Waals surface area contributed by atoms with E-state index in [1.54, 1.807) is 7.05 Å². The fraction of sp³-hybridized carbons (Fsp3) is 0.600. The molecular formula is C20H29N3O2. The third-order valence-electron chi connectivity index (χ3n) is 5.69. The van der Waals surface area contributed by atoms with Crippen molar-refractivity contribution in [3.63, 3.8) is 0 Å². The summed E-state index contributed by atoms with van der Waals surface area (Å²) in [5.41, 5.74) is 3.09. The lowest BCUT2D eigenvalue weighted by atomic mass is 9.84. The molecule has 3 amide bonds. The van der Waals surface area contributed by atoms with Crippen LogP contribution in [0.25, 0.3) is 0 Å². The van der Waals surface area contributed by atoms with E-state index in [1.807, 2.05) is 35.8 Å². The van der Waals surface area contributed by atoms with Gasteiger partial charge in [-0.2, -0.15) is 0 Å². The Morgan fingerprint density at radius 1 is 0.920 bits per heavy atom. The Hall–Kier alpha value is -2.04. The van der Waals surface area contributed by atoms with Gasteiger partial charge in [-0.1, -0.05) is 17.2 Å². The van der Waals surface area contributed by atoms with Crippen molar-refractivity contribution in [1.82, 2.24) is 15.1 Å². The Morgan fingerprint density at radius 2 is 1.48 bits per heavy atom. The lowest BCUT2D eigenvalue weighted by Gasteiger charge is -2.34. The number of hydrogen-bond acceptors (Lipinski definition) is 2. The van der Waals surface area contributed by atoms with E-state index in [1.165, 1.54) is 0 Å². The van der Waals surface area contributed by atoms with E-state index < -0.39 is 0 Å². The number of nitrogens with one attached hydrogen (secondary N) is 1. The van der Waals surface area contributed by atoms with Crippen LogP contribution >= 0.6 is 0 Å². The highest BCUT2D eigenvalue weighted by molar-refractivity contribution is 5.94. The minimum absolute atomic E-state index is 0.0245. The van der Waals surface area contributed by atoms with Crippen LogP contribution in [0.3, 0.4) is 0 Å². The van der Waals surface area contributed by atoms with Crippen LogP contribution in [-0.2, 0) is 0 Å². The van der Waals surface area contributed by atoms with Gasteiger partial charge in [0.2, 0.25) is 0 Å². The highest BCUT2D eigenvalue weighted by atomic mass is 16.2. The van der Waals surface area contributed by atoms with Gasteiger partial charge in [-0.25, -0.2) is 4.79 Å². The van der Waals surface area contributed by atoms with Crippen LogP contribution in [0.2, 0.25) is 0 Å². The molecule has 0 radical (unpaired) electrons. The summed E-state index contributed by atoms with van der Waals surface area (Å²) in [5, 5.41) is 2.70. The molecule has 5 heteroatoms. The molecule has 1 N–H and O–H groups in total. The molecule has 1 unspecified atom stereocenters. The van der Waals surface area contributed by atoms with Crippen molar-refractivity contribution >= 4 is 11.9 Å². The van der Waals surface area contributed by atoms with Crippen LogP contribution in [0.5, 0.6) is 0 Å². The van der Waals surface area contributed by atoms with Gasteiger partial charge in [0.25, 0.3) is 5.91 Å². The molecule has 25 heavy (non-hydrogen) atoms. The Morgan fingerprint density at radius 3 is 2.08 bits per heavy atom. The van der Waals surface area contributed by atoms with Crippen LogP contribution in [0.15, 0.2) is 18.2 Å². The molecule has 136 valence electrons. The van der Waals surface area contributed by atoms with E-state index in [9.17, 15) is 9.59 Å². The normalized spacial score (nSPS) is 21.5. The zero-order valence-corrected chi connectivity index (χ0v) is 15.5. The molecule has 1 atom stereocenters. The fourth-order valence-corrected chi connectivity index (χ4v) is 4.37. The van der Waals surface area contributed by atoms with Gasteiger partial charge in [0, 0.05) is 38.8 Å². The quantitative estimate of drug-likeness (QED) is 0.898. The minimum Gasteiger partial charge on any atom is -0.341 e. The largest absolute Gasteiger partial charge is 0.341 e. The van der Waals surface area contributed by atoms with Crippen LogP contribution in [0, 0.1) is 25.7 Å². The number of likely N-dealkylation sites (tertiary alicyclic amines) is 2. The van der Waals surface area contributed by atoms with Crippen molar-refractivity contribution in [3.8, 4) is 0 Å². The average Bonchev–Trinajstić information content (AvgIpc) is 3.09. The fourth-order valence-electron chi connectivity index (χ4n) is 4.37. The van der Waals surface area contributed by atoms with Crippen molar-refractivity contribution in [2.45, 2.75) is 33.1 Å². The number of amides is 3. The third-order valence-corrected chi connectivity index (χ3v) is 5.69. The molecule has 0 saturated carbocycles. The first kappa shape index (κ1) is 17.8. The standard InChI is InChI=1S/C20H29N3O2/c1-14-10-15(2)12-18(11-14)19(24)23-9-6-17(13-23)16-4-7-22(8-5-16)20(25)21-3/h10-12,16-17H,4-9,13H2,1-3H3,(H,21,25). The van der Waals surface area contributed by atoms with E-state index in [0.29, 0.717) is 11.8 Å². The zero-order chi connectivity index (χ0) is 18.0. The molecule has 3 rings (SSSR count). The topological polar surface area (TPSA) is 52.7 Å². The van der Waals surface area contributed by atoms with Gasteiger partial charge in [0.05, 0.1) is 0 Å². The molecule has 2 heterocycles. The summed E-state index contributed by atoms with van der Waals surface area (Å²) in [6.07, 6.45) is 3.18. The number of hydrogen-bond donors (Lipinski definition) is 1. The first-order valence-corrected chi connectivity index (χ1v) is 9.32. The summed E-state index contributed by atoms with van der Waals surface area (Å²) in [6.45, 7) is 7.44. The van der Waals surface area contributed by atoms with Gasteiger partial charge >= 0.3 is 6.03 Å². The molecular weight excluding hydrogens is 314 g/mol. The van der Waals surface area contributed by atoms with Crippen LogP contribution in [0.1, 0.15) is 40.7 Å². The second-order valence-electron chi connectivity index (χ2n) is 7.56. The first-order chi connectivity index (χ1) is 12.0. The second kappa shape index (κ2) is 7.46. The average molecular weight is 343 g/mol. The summed E-state index contributed by atoms with van der Waals surface area (Å²) >= 11 is 0. The predicted octanol–water partition coefficient (Wildman–Crippen LogP) is 2.82. The van der Waals surface area contributed by atoms with Crippen molar-refractivity contribution in [2.24, 2.45) is 11.8 Å². The zero-order valence-electron chi connectivity index (χ0n) is 15.5. The lowest BCUT2D eigenvalue weighted by Crippen LogP contribution is -2.44. The maximum absolute atomic E-state index is 12.8. The molecule has 2 aliphatic heterocycles. The summed E-state index contributed by atoms with van der Waals surface area (Å²) < 4.78 is 0. The van der Waals surface area contributed by atoms with E-state index >= 15 is 0 Å². The monoisotopic (exact) mass is 343 g/mol. The van der Waals surface area contributed by atoms with E-state index in [4.69, 9.17) is 0 Å². The Labute approximate surface area is 150 Å². The summed E-state index contributed by atoms with van der Waals surface area (Å²) in [7, 11) is 1.68. The summed E-state index contributed by atoms with van der Waals surface area (Å²) in [4.78, 5) is 28.4. The number of nitrogens with zero attached hydrogens (tertiary/aromatic N) is 2. The number of piperidine rings is 1. The molecule has 2 fully saturated rings. The number of carbonyl (C=O) groups is 2. The molecule has 1 aromatic rings. The molecule has 1 aromatic carbocycles. The summed E-state index contributed by atoms with van der Waals surface area (Å²) in [6, 6.07) is 6.11. The van der Waals surface area contributed by atoms with Gasteiger partial charge in [0.15, 0.2) is 0 Å². The van der Waals surface area contributed by atoms with E-state index in [0.717, 1.165) is 62.1 Å². The predicted molar refractivity (Wildman–Crippen MR) is 98.7 cm³/mol.